The first-order valence-corrected chi connectivity index (χ1v) is 9.01. The van der Waals surface area contributed by atoms with Crippen LogP contribution in [0.3, 0.4) is 0 Å². The molecule has 1 amide bonds. The van der Waals surface area contributed by atoms with Crippen molar-refractivity contribution in [1.82, 2.24) is 20.0 Å². The zero-order valence-electron chi connectivity index (χ0n) is 16.4. The van der Waals surface area contributed by atoms with Crippen molar-refractivity contribution >= 4 is 35.8 Å². The number of rotatable bonds is 5. The average molecular weight is 473 g/mol. The zero-order valence-corrected chi connectivity index (χ0v) is 18.7. The van der Waals surface area contributed by atoms with E-state index in [1.54, 1.807) is 6.92 Å². The van der Waals surface area contributed by atoms with Crippen LogP contribution in [0.25, 0.3) is 0 Å². The first-order chi connectivity index (χ1) is 12.0. The van der Waals surface area contributed by atoms with Crippen molar-refractivity contribution in [2.45, 2.75) is 26.9 Å². The van der Waals surface area contributed by atoms with Crippen LogP contribution in [-0.4, -0.2) is 73.4 Å². The Labute approximate surface area is 174 Å². The minimum Gasteiger partial charge on any atom is -0.357 e. The van der Waals surface area contributed by atoms with Gasteiger partial charge in [0.15, 0.2) is 5.96 Å². The van der Waals surface area contributed by atoms with Crippen LogP contribution in [0.5, 0.6) is 0 Å². The molecule has 1 aromatic rings. The topological polar surface area (TPSA) is 51.2 Å². The Bertz CT molecular complexity index is 580. The van der Waals surface area contributed by atoms with Crippen molar-refractivity contribution in [3.8, 4) is 0 Å². The maximum absolute atomic E-state index is 11.5. The van der Waals surface area contributed by atoms with E-state index < -0.39 is 0 Å². The molecule has 1 saturated heterocycles. The molecule has 6 nitrogen and oxygen atoms in total. The summed E-state index contributed by atoms with van der Waals surface area (Å²) in [5, 5.41) is 3.37. The van der Waals surface area contributed by atoms with Gasteiger partial charge in [-0.3, -0.25) is 4.79 Å². The van der Waals surface area contributed by atoms with Gasteiger partial charge in [0.2, 0.25) is 5.91 Å². The molecule has 0 bridgehead atoms. The summed E-state index contributed by atoms with van der Waals surface area (Å²) in [6, 6.07) is 8.64. The highest BCUT2D eigenvalue weighted by atomic mass is 127. The summed E-state index contributed by atoms with van der Waals surface area (Å²) in [6.45, 7) is 9.35. The molecule has 0 saturated carbocycles. The summed E-state index contributed by atoms with van der Waals surface area (Å²) in [4.78, 5) is 22.5. The van der Waals surface area contributed by atoms with E-state index >= 15 is 0 Å². The molecule has 0 aliphatic carbocycles. The average Bonchev–Trinajstić information content (AvgIpc) is 2.59. The molecule has 1 aromatic carbocycles. The summed E-state index contributed by atoms with van der Waals surface area (Å²) in [5.74, 6) is 1.09. The molecule has 146 valence electrons. The number of carbonyl (C=O) groups is 1. The number of benzene rings is 1. The Balaban J connectivity index is 0.00000338. The number of aliphatic imine (C=N–C) groups is 1. The first kappa shape index (κ1) is 22.7. The van der Waals surface area contributed by atoms with Crippen LogP contribution >= 0.6 is 24.0 Å². The normalized spacial score (nSPS) is 15.0. The second kappa shape index (κ2) is 11.4. The number of hydrogen-bond donors (Lipinski definition) is 1. The van der Waals surface area contributed by atoms with Crippen molar-refractivity contribution in [2.75, 3.05) is 46.8 Å². The predicted molar refractivity (Wildman–Crippen MR) is 118 cm³/mol. The van der Waals surface area contributed by atoms with Gasteiger partial charge >= 0.3 is 0 Å². The molecule has 26 heavy (non-hydrogen) atoms. The molecule has 2 rings (SSSR count). The fourth-order valence-electron chi connectivity index (χ4n) is 2.94. The zero-order chi connectivity index (χ0) is 18.2. The number of guanidine groups is 1. The summed E-state index contributed by atoms with van der Waals surface area (Å²) in [7, 11) is 4.15. The summed E-state index contributed by atoms with van der Waals surface area (Å²) >= 11 is 0. The number of nitrogens with zero attached hydrogens (tertiary/aromatic N) is 4. The van der Waals surface area contributed by atoms with Crippen LogP contribution in [-0.2, 0) is 17.9 Å². The van der Waals surface area contributed by atoms with Gasteiger partial charge in [0.1, 0.15) is 0 Å². The van der Waals surface area contributed by atoms with Crippen LogP contribution in [0.1, 0.15) is 25.0 Å². The third-order valence-corrected chi connectivity index (χ3v) is 4.29. The smallest absolute Gasteiger partial charge is 0.219 e. The fourth-order valence-corrected chi connectivity index (χ4v) is 2.94. The van der Waals surface area contributed by atoms with Crippen molar-refractivity contribution in [3.63, 3.8) is 0 Å². The SMILES string of the molecule is CCNC(=NCc1ccc(CN(C)C)cc1)N1CCN(C(C)=O)CC1.I. The number of nitrogens with one attached hydrogen (secondary N) is 1. The van der Waals surface area contributed by atoms with Crippen LogP contribution in [0.4, 0.5) is 0 Å². The molecule has 1 fully saturated rings. The number of halogens is 1. The lowest BCUT2D eigenvalue weighted by Gasteiger charge is -2.36. The van der Waals surface area contributed by atoms with Crippen LogP contribution < -0.4 is 5.32 Å². The number of piperazine rings is 1. The molecular weight excluding hydrogens is 441 g/mol. The largest absolute Gasteiger partial charge is 0.357 e. The van der Waals surface area contributed by atoms with Gasteiger partial charge in [-0.1, -0.05) is 24.3 Å². The second-order valence-corrected chi connectivity index (χ2v) is 6.72. The summed E-state index contributed by atoms with van der Waals surface area (Å²) in [6.07, 6.45) is 0. The van der Waals surface area contributed by atoms with E-state index in [9.17, 15) is 4.79 Å². The lowest BCUT2D eigenvalue weighted by molar-refractivity contribution is -0.130. The standard InChI is InChI=1S/C19H31N5O.HI/c1-5-20-19(24-12-10-23(11-13-24)16(2)25)21-14-17-6-8-18(9-7-17)15-22(3)4;/h6-9H,5,10-15H2,1-4H3,(H,20,21);1H. The molecule has 1 aliphatic heterocycles. The molecule has 0 radical (unpaired) electrons. The van der Waals surface area contributed by atoms with E-state index in [1.165, 1.54) is 11.1 Å². The molecule has 1 heterocycles. The van der Waals surface area contributed by atoms with Gasteiger partial charge in [0, 0.05) is 46.2 Å². The van der Waals surface area contributed by atoms with Gasteiger partial charge in [0.25, 0.3) is 0 Å². The van der Waals surface area contributed by atoms with E-state index in [-0.39, 0.29) is 29.9 Å². The Kier molecular flexibility index (Phi) is 9.93. The Morgan fingerprint density at radius 2 is 1.62 bits per heavy atom. The monoisotopic (exact) mass is 473 g/mol. The van der Waals surface area contributed by atoms with E-state index in [0.29, 0.717) is 6.54 Å². The van der Waals surface area contributed by atoms with E-state index in [2.05, 4.69) is 60.4 Å². The van der Waals surface area contributed by atoms with Crippen LogP contribution in [0, 0.1) is 0 Å². The Hall–Kier alpha value is -1.35. The number of hydrogen-bond acceptors (Lipinski definition) is 3. The quantitative estimate of drug-likeness (QED) is 0.404. The third-order valence-electron chi connectivity index (χ3n) is 4.29. The number of carbonyl (C=O) groups excluding carboxylic acids is 1. The van der Waals surface area contributed by atoms with Crippen molar-refractivity contribution < 1.29 is 4.79 Å². The van der Waals surface area contributed by atoms with Gasteiger partial charge < -0.3 is 20.0 Å². The third kappa shape index (κ3) is 7.11. The highest BCUT2D eigenvalue weighted by Crippen LogP contribution is 2.08. The minimum absolute atomic E-state index is 0. The summed E-state index contributed by atoms with van der Waals surface area (Å²) in [5.41, 5.74) is 2.52. The molecule has 0 atom stereocenters. The molecular formula is C19H32IN5O. The van der Waals surface area contributed by atoms with E-state index in [0.717, 1.165) is 45.2 Å². The van der Waals surface area contributed by atoms with Gasteiger partial charge in [0.05, 0.1) is 6.54 Å². The summed E-state index contributed by atoms with van der Waals surface area (Å²) < 4.78 is 0. The van der Waals surface area contributed by atoms with Crippen LogP contribution in [0.2, 0.25) is 0 Å². The van der Waals surface area contributed by atoms with Crippen molar-refractivity contribution in [2.24, 2.45) is 4.99 Å². The lowest BCUT2D eigenvalue weighted by Crippen LogP contribution is -2.53. The molecule has 7 heteroatoms. The highest BCUT2D eigenvalue weighted by molar-refractivity contribution is 14.0. The van der Waals surface area contributed by atoms with Gasteiger partial charge in [-0.2, -0.15) is 0 Å². The molecule has 1 aliphatic rings. The Morgan fingerprint density at radius 3 is 2.12 bits per heavy atom. The number of amides is 1. The van der Waals surface area contributed by atoms with Gasteiger partial charge in [-0.05, 0) is 32.1 Å². The fraction of sp³-hybridized carbons (Fsp3) is 0.579. The molecule has 0 unspecified atom stereocenters. The molecule has 0 aromatic heterocycles. The molecule has 0 spiro atoms. The van der Waals surface area contributed by atoms with E-state index in [4.69, 9.17) is 4.99 Å². The second-order valence-electron chi connectivity index (χ2n) is 6.72. The maximum atomic E-state index is 11.5. The lowest BCUT2D eigenvalue weighted by atomic mass is 10.1. The van der Waals surface area contributed by atoms with Gasteiger partial charge in [-0.25, -0.2) is 4.99 Å². The van der Waals surface area contributed by atoms with E-state index in [1.807, 2.05) is 4.90 Å². The van der Waals surface area contributed by atoms with Crippen LogP contribution in [0.15, 0.2) is 29.3 Å². The maximum Gasteiger partial charge on any atom is 0.219 e. The molecule has 1 N–H and O–H groups in total. The first-order valence-electron chi connectivity index (χ1n) is 9.01. The van der Waals surface area contributed by atoms with Gasteiger partial charge in [-0.15, -0.1) is 24.0 Å². The highest BCUT2D eigenvalue weighted by Gasteiger charge is 2.20. The Morgan fingerprint density at radius 1 is 1.08 bits per heavy atom. The minimum atomic E-state index is 0. The van der Waals surface area contributed by atoms with Crippen molar-refractivity contribution in [1.29, 1.82) is 0 Å². The predicted octanol–water partition coefficient (Wildman–Crippen LogP) is 2.00. The van der Waals surface area contributed by atoms with Crippen molar-refractivity contribution in [3.05, 3.63) is 35.4 Å².